The maximum atomic E-state index is 12.2. The summed E-state index contributed by atoms with van der Waals surface area (Å²) in [5.41, 5.74) is 3.03. The van der Waals surface area contributed by atoms with E-state index in [4.69, 9.17) is 9.15 Å². The fourth-order valence-corrected chi connectivity index (χ4v) is 3.93. The molecule has 0 spiro atoms. The first-order valence-corrected chi connectivity index (χ1v) is 11.2. The molecule has 0 aliphatic heterocycles. The van der Waals surface area contributed by atoms with Gasteiger partial charge in [-0.15, -0.1) is 11.8 Å². The van der Waals surface area contributed by atoms with Crippen molar-refractivity contribution in [2.24, 2.45) is 0 Å². The van der Waals surface area contributed by atoms with Crippen LogP contribution in [-0.4, -0.2) is 29.8 Å². The average molecular weight is 425 g/mol. The zero-order valence-corrected chi connectivity index (χ0v) is 18.5. The first-order valence-electron chi connectivity index (χ1n) is 10.1. The number of oxazole rings is 1. The van der Waals surface area contributed by atoms with E-state index in [2.05, 4.69) is 22.4 Å². The Hall–Kier alpha value is -2.73. The third kappa shape index (κ3) is 6.39. The number of aryl methyl sites for hydroxylation is 2. The second kappa shape index (κ2) is 10.9. The number of ether oxygens (including phenoxy) is 1. The molecule has 3 rings (SSSR count). The molecule has 0 unspecified atom stereocenters. The lowest BCUT2D eigenvalue weighted by Gasteiger charge is -2.13. The Labute approximate surface area is 182 Å². The van der Waals surface area contributed by atoms with Crippen LogP contribution in [0.1, 0.15) is 30.4 Å². The van der Waals surface area contributed by atoms with Crippen molar-refractivity contribution in [3.63, 3.8) is 0 Å². The predicted molar refractivity (Wildman–Crippen MR) is 122 cm³/mol. The van der Waals surface area contributed by atoms with E-state index < -0.39 is 0 Å². The van der Waals surface area contributed by atoms with Gasteiger partial charge in [0, 0.05) is 17.4 Å². The third-order valence-electron chi connectivity index (χ3n) is 4.80. The van der Waals surface area contributed by atoms with Crippen molar-refractivity contribution in [2.75, 3.05) is 12.9 Å². The minimum atomic E-state index is 0.0507. The number of carbonyl (C=O) groups is 1. The second-order valence-electron chi connectivity index (χ2n) is 7.24. The van der Waals surface area contributed by atoms with Crippen LogP contribution < -0.4 is 10.1 Å². The molecule has 0 bridgehead atoms. The fraction of sp³-hybridized carbons (Fsp3) is 0.333. The minimum Gasteiger partial charge on any atom is -0.497 e. The van der Waals surface area contributed by atoms with Gasteiger partial charge in [-0.2, -0.15) is 0 Å². The molecule has 0 saturated heterocycles. The van der Waals surface area contributed by atoms with E-state index in [9.17, 15) is 4.79 Å². The lowest BCUT2D eigenvalue weighted by atomic mass is 10.1. The number of nitrogens with one attached hydrogen (secondary N) is 1. The van der Waals surface area contributed by atoms with Gasteiger partial charge in [-0.1, -0.05) is 36.4 Å². The number of aromatic nitrogens is 1. The van der Waals surface area contributed by atoms with Gasteiger partial charge in [0.2, 0.25) is 11.8 Å². The molecule has 30 heavy (non-hydrogen) atoms. The van der Waals surface area contributed by atoms with Crippen molar-refractivity contribution in [1.29, 1.82) is 0 Å². The number of nitrogens with zero attached hydrogens (tertiary/aromatic N) is 1. The molecule has 158 valence electrons. The Bertz CT molecular complexity index is 956. The number of hydrogen-bond acceptors (Lipinski definition) is 5. The largest absolute Gasteiger partial charge is 0.497 e. The summed E-state index contributed by atoms with van der Waals surface area (Å²) in [7, 11) is 1.63. The molecule has 6 heteroatoms. The van der Waals surface area contributed by atoms with E-state index in [-0.39, 0.29) is 11.9 Å². The number of rotatable bonds is 10. The molecule has 0 aliphatic carbocycles. The molecule has 0 radical (unpaired) electrons. The number of carbonyl (C=O) groups excluding carboxylic acids is 1. The van der Waals surface area contributed by atoms with Crippen LogP contribution in [-0.2, 0) is 17.0 Å². The Morgan fingerprint density at radius 3 is 2.77 bits per heavy atom. The summed E-state index contributed by atoms with van der Waals surface area (Å²) in [6, 6.07) is 18.1. The van der Waals surface area contributed by atoms with E-state index in [1.807, 2.05) is 56.3 Å². The quantitative estimate of drug-likeness (QED) is 0.495. The van der Waals surface area contributed by atoms with Crippen LogP contribution in [0.2, 0.25) is 0 Å². The van der Waals surface area contributed by atoms with Gasteiger partial charge in [-0.25, -0.2) is 4.98 Å². The number of benzene rings is 2. The van der Waals surface area contributed by atoms with Gasteiger partial charge < -0.3 is 14.5 Å². The standard InChI is InChI=1S/C24H28N2O3S/c1-17(12-13-19-8-5-4-6-9-19)25-23(27)16-30-15-22-18(2)29-24(26-22)20-10-7-11-21(14-20)28-3/h4-11,14,17H,12-13,15-16H2,1-3H3,(H,25,27)/t17-/m0/s1. The van der Waals surface area contributed by atoms with Crippen molar-refractivity contribution in [2.45, 2.75) is 38.5 Å². The molecule has 1 heterocycles. The van der Waals surface area contributed by atoms with Gasteiger partial charge >= 0.3 is 0 Å². The highest BCUT2D eigenvalue weighted by atomic mass is 32.2. The molecule has 2 aromatic carbocycles. The highest BCUT2D eigenvalue weighted by Gasteiger charge is 2.13. The molecule has 1 atom stereocenters. The van der Waals surface area contributed by atoms with Crippen LogP contribution in [0.15, 0.2) is 59.0 Å². The van der Waals surface area contributed by atoms with Gasteiger partial charge in [0.25, 0.3) is 0 Å². The van der Waals surface area contributed by atoms with Gasteiger partial charge in [-0.05, 0) is 50.5 Å². The van der Waals surface area contributed by atoms with Crippen LogP contribution in [0.5, 0.6) is 5.75 Å². The van der Waals surface area contributed by atoms with Gasteiger partial charge in [0.05, 0.1) is 18.6 Å². The van der Waals surface area contributed by atoms with Crippen molar-refractivity contribution in [3.8, 4) is 17.2 Å². The normalized spacial score (nSPS) is 11.8. The molecule has 1 aromatic heterocycles. The summed E-state index contributed by atoms with van der Waals surface area (Å²) < 4.78 is 11.1. The lowest BCUT2D eigenvalue weighted by molar-refractivity contribution is -0.119. The van der Waals surface area contributed by atoms with Crippen molar-refractivity contribution >= 4 is 17.7 Å². The van der Waals surface area contributed by atoms with E-state index in [1.165, 1.54) is 5.56 Å². The molecule has 1 N–H and O–H groups in total. The van der Waals surface area contributed by atoms with Crippen molar-refractivity contribution < 1.29 is 13.9 Å². The minimum absolute atomic E-state index is 0.0507. The molecule has 1 amide bonds. The first kappa shape index (κ1) is 22.0. The maximum absolute atomic E-state index is 12.2. The summed E-state index contributed by atoms with van der Waals surface area (Å²) >= 11 is 1.54. The molecule has 3 aromatic rings. The van der Waals surface area contributed by atoms with Gasteiger partial charge in [0.1, 0.15) is 11.5 Å². The van der Waals surface area contributed by atoms with Crippen LogP contribution in [0.4, 0.5) is 0 Å². The molecule has 0 aliphatic rings. The summed E-state index contributed by atoms with van der Waals surface area (Å²) in [5, 5.41) is 3.08. The van der Waals surface area contributed by atoms with E-state index in [0.29, 0.717) is 17.4 Å². The fourth-order valence-electron chi connectivity index (χ4n) is 3.10. The molecular weight excluding hydrogens is 396 g/mol. The third-order valence-corrected chi connectivity index (χ3v) is 5.74. The Kier molecular flexibility index (Phi) is 7.97. The summed E-state index contributed by atoms with van der Waals surface area (Å²) in [6.45, 7) is 3.95. The Morgan fingerprint density at radius 2 is 2.00 bits per heavy atom. The van der Waals surface area contributed by atoms with E-state index >= 15 is 0 Å². The van der Waals surface area contributed by atoms with E-state index in [1.54, 1.807) is 18.9 Å². The molecule has 0 saturated carbocycles. The highest BCUT2D eigenvalue weighted by Crippen LogP contribution is 2.26. The average Bonchev–Trinajstić information content (AvgIpc) is 3.13. The molecule has 0 fully saturated rings. The first-order chi connectivity index (χ1) is 14.5. The number of amides is 1. The van der Waals surface area contributed by atoms with Crippen LogP contribution in [0.3, 0.4) is 0 Å². The lowest BCUT2D eigenvalue weighted by Crippen LogP contribution is -2.34. The predicted octanol–water partition coefficient (Wildman–Crippen LogP) is 5.03. The molecule has 5 nitrogen and oxygen atoms in total. The molecular formula is C24H28N2O3S. The summed E-state index contributed by atoms with van der Waals surface area (Å²) in [4.78, 5) is 16.8. The zero-order chi connectivity index (χ0) is 21.3. The van der Waals surface area contributed by atoms with Crippen LogP contribution in [0, 0.1) is 6.92 Å². The SMILES string of the molecule is COc1cccc(-c2nc(CSCC(=O)N[C@@H](C)CCc3ccccc3)c(C)o2)c1. The number of thioether (sulfide) groups is 1. The van der Waals surface area contributed by atoms with E-state index in [0.717, 1.165) is 35.6 Å². The van der Waals surface area contributed by atoms with Crippen molar-refractivity contribution in [1.82, 2.24) is 10.3 Å². The zero-order valence-electron chi connectivity index (χ0n) is 17.7. The smallest absolute Gasteiger partial charge is 0.230 e. The number of methoxy groups -OCH3 is 1. The Morgan fingerprint density at radius 1 is 1.20 bits per heavy atom. The monoisotopic (exact) mass is 424 g/mol. The highest BCUT2D eigenvalue weighted by molar-refractivity contribution is 7.99. The topological polar surface area (TPSA) is 64.4 Å². The second-order valence-corrected chi connectivity index (χ2v) is 8.23. The summed E-state index contributed by atoms with van der Waals surface area (Å²) in [5.74, 6) is 3.19. The van der Waals surface area contributed by atoms with Gasteiger partial charge in [-0.3, -0.25) is 4.79 Å². The van der Waals surface area contributed by atoms with Crippen molar-refractivity contribution in [3.05, 3.63) is 71.6 Å². The van der Waals surface area contributed by atoms with Crippen LogP contribution in [0.25, 0.3) is 11.5 Å². The number of hydrogen-bond donors (Lipinski definition) is 1. The van der Waals surface area contributed by atoms with Crippen LogP contribution >= 0.6 is 11.8 Å². The maximum Gasteiger partial charge on any atom is 0.230 e. The summed E-state index contributed by atoms with van der Waals surface area (Å²) in [6.07, 6.45) is 1.88. The Balaban J connectivity index is 1.44. The van der Waals surface area contributed by atoms with Gasteiger partial charge in [0.15, 0.2) is 0 Å².